The monoisotopic (exact) mass is 450 g/mol. The minimum absolute atomic E-state index is 0.0379. The van der Waals surface area contributed by atoms with Crippen LogP contribution in [-0.2, 0) is 16.1 Å². The first kappa shape index (κ1) is 23.7. The Balaban J connectivity index is 1.90. The highest BCUT2D eigenvalue weighted by molar-refractivity contribution is 7.09. The van der Waals surface area contributed by atoms with E-state index in [-0.39, 0.29) is 5.91 Å². The van der Waals surface area contributed by atoms with Crippen LogP contribution in [0.15, 0.2) is 66.0 Å². The summed E-state index contributed by atoms with van der Waals surface area (Å²) in [5, 5.41) is 2.43. The van der Waals surface area contributed by atoms with Gasteiger partial charge in [-0.1, -0.05) is 74.5 Å². The molecule has 5 nitrogen and oxygen atoms in total. The van der Waals surface area contributed by atoms with Crippen molar-refractivity contribution in [2.24, 2.45) is 5.92 Å². The van der Waals surface area contributed by atoms with E-state index in [9.17, 15) is 9.59 Å². The molecule has 3 aromatic rings. The van der Waals surface area contributed by atoms with Crippen molar-refractivity contribution in [2.45, 2.75) is 39.7 Å². The fourth-order valence-corrected chi connectivity index (χ4v) is 4.26. The van der Waals surface area contributed by atoms with Crippen molar-refractivity contribution in [1.82, 2.24) is 9.88 Å². The Morgan fingerprint density at radius 3 is 2.12 bits per heavy atom. The van der Waals surface area contributed by atoms with E-state index in [1.54, 1.807) is 12.3 Å². The molecule has 0 saturated carbocycles. The molecule has 0 aliphatic rings. The van der Waals surface area contributed by atoms with Crippen molar-refractivity contribution in [2.75, 3.05) is 13.2 Å². The normalized spacial score (nSPS) is 11.0. The lowest BCUT2D eigenvalue weighted by molar-refractivity contribution is -0.132. The number of carbonyl (C=O) groups is 2. The molecule has 0 saturated heterocycles. The Hall–Kier alpha value is -2.99. The first-order valence-corrected chi connectivity index (χ1v) is 11.9. The van der Waals surface area contributed by atoms with E-state index in [1.165, 1.54) is 11.3 Å². The second kappa shape index (κ2) is 11.6. The van der Waals surface area contributed by atoms with Gasteiger partial charge in [0.05, 0.1) is 19.1 Å². The average molecular weight is 451 g/mol. The molecule has 1 amide bonds. The van der Waals surface area contributed by atoms with Gasteiger partial charge in [-0.3, -0.25) is 4.79 Å². The van der Waals surface area contributed by atoms with Gasteiger partial charge in [-0.05, 0) is 30.4 Å². The summed E-state index contributed by atoms with van der Waals surface area (Å²) in [5.74, 6) is -0.324. The van der Waals surface area contributed by atoms with E-state index in [1.807, 2.05) is 65.6 Å². The van der Waals surface area contributed by atoms with Crippen LogP contribution in [0.3, 0.4) is 0 Å². The van der Waals surface area contributed by atoms with Gasteiger partial charge < -0.3 is 9.64 Å². The van der Waals surface area contributed by atoms with Crippen molar-refractivity contribution in [1.29, 1.82) is 0 Å². The molecule has 0 spiro atoms. The number of aromatic nitrogens is 1. The molecule has 0 aliphatic heterocycles. The second-order valence-electron chi connectivity index (χ2n) is 8.04. The number of esters is 1. The lowest BCUT2D eigenvalue weighted by atomic mass is 9.90. The van der Waals surface area contributed by atoms with Gasteiger partial charge in [-0.25, -0.2) is 9.78 Å². The molecule has 1 heterocycles. The number of benzene rings is 2. The fraction of sp³-hybridized carbons (Fsp3) is 0.346. The zero-order valence-corrected chi connectivity index (χ0v) is 19.7. The van der Waals surface area contributed by atoms with Crippen molar-refractivity contribution in [3.05, 3.63) is 87.9 Å². The minimum Gasteiger partial charge on any atom is -0.461 e. The van der Waals surface area contributed by atoms with Crippen LogP contribution in [0.1, 0.15) is 59.7 Å². The second-order valence-corrected chi connectivity index (χ2v) is 8.99. The highest BCUT2D eigenvalue weighted by atomic mass is 32.1. The number of ether oxygens (including phenoxy) is 1. The third kappa shape index (κ3) is 6.26. The third-order valence-corrected chi connectivity index (χ3v) is 6.00. The maximum Gasteiger partial charge on any atom is 0.357 e. The number of amides is 1. The number of hydrogen-bond donors (Lipinski definition) is 0. The molecule has 0 bridgehead atoms. The predicted molar refractivity (Wildman–Crippen MR) is 128 cm³/mol. The van der Waals surface area contributed by atoms with Crippen LogP contribution < -0.4 is 0 Å². The van der Waals surface area contributed by atoms with Gasteiger partial charge in [-0.2, -0.15) is 0 Å². The van der Waals surface area contributed by atoms with Crippen LogP contribution in [0.25, 0.3) is 0 Å². The molecule has 6 heteroatoms. The number of carbonyl (C=O) groups excluding carboxylic acids is 2. The number of rotatable bonds is 10. The van der Waals surface area contributed by atoms with Gasteiger partial charge in [0.25, 0.3) is 0 Å². The molecule has 1 aromatic heterocycles. The quantitative estimate of drug-likeness (QED) is 0.381. The van der Waals surface area contributed by atoms with Gasteiger partial charge in [0.15, 0.2) is 5.69 Å². The van der Waals surface area contributed by atoms with Crippen LogP contribution in [0.4, 0.5) is 0 Å². The maximum atomic E-state index is 13.9. The molecular weight excluding hydrogens is 420 g/mol. The van der Waals surface area contributed by atoms with E-state index in [4.69, 9.17) is 4.74 Å². The van der Waals surface area contributed by atoms with E-state index in [0.717, 1.165) is 22.6 Å². The lowest BCUT2D eigenvalue weighted by Gasteiger charge is -2.28. The highest BCUT2D eigenvalue weighted by Gasteiger charge is 2.28. The molecule has 0 aliphatic carbocycles. The summed E-state index contributed by atoms with van der Waals surface area (Å²) in [5.41, 5.74) is 2.22. The largest absolute Gasteiger partial charge is 0.461 e. The summed E-state index contributed by atoms with van der Waals surface area (Å²) in [6.45, 7) is 7.37. The van der Waals surface area contributed by atoms with Gasteiger partial charge in [0, 0.05) is 11.9 Å². The molecule has 0 atom stereocenters. The summed E-state index contributed by atoms with van der Waals surface area (Å²) < 4.78 is 5.05. The van der Waals surface area contributed by atoms with Gasteiger partial charge in [-0.15, -0.1) is 11.3 Å². The molecule has 0 fully saturated rings. The Kier molecular flexibility index (Phi) is 8.56. The zero-order valence-electron chi connectivity index (χ0n) is 18.9. The Bertz CT molecular complexity index is 963. The van der Waals surface area contributed by atoms with E-state index in [2.05, 4.69) is 18.8 Å². The molecule has 168 valence electrons. The van der Waals surface area contributed by atoms with Crippen molar-refractivity contribution < 1.29 is 14.3 Å². The Morgan fingerprint density at radius 2 is 1.59 bits per heavy atom. The van der Waals surface area contributed by atoms with Crippen LogP contribution in [0.5, 0.6) is 0 Å². The van der Waals surface area contributed by atoms with Crippen LogP contribution in [0, 0.1) is 5.92 Å². The van der Waals surface area contributed by atoms with E-state index in [0.29, 0.717) is 31.3 Å². The van der Waals surface area contributed by atoms with E-state index >= 15 is 0 Å². The van der Waals surface area contributed by atoms with Crippen molar-refractivity contribution >= 4 is 23.2 Å². The predicted octanol–water partition coefficient (Wildman–Crippen LogP) is 5.53. The van der Waals surface area contributed by atoms with Crippen LogP contribution in [-0.4, -0.2) is 34.9 Å². The summed E-state index contributed by atoms with van der Waals surface area (Å²) in [4.78, 5) is 32.2. The average Bonchev–Trinajstić information content (AvgIpc) is 3.27. The lowest BCUT2D eigenvalue weighted by Crippen LogP contribution is -2.36. The fourth-order valence-electron chi connectivity index (χ4n) is 3.48. The van der Waals surface area contributed by atoms with E-state index < -0.39 is 11.9 Å². The Morgan fingerprint density at radius 1 is 1.00 bits per heavy atom. The highest BCUT2D eigenvalue weighted by Crippen LogP contribution is 2.28. The van der Waals surface area contributed by atoms with Crippen LogP contribution >= 0.6 is 11.3 Å². The molecule has 0 unspecified atom stereocenters. The molecule has 3 rings (SSSR count). The topological polar surface area (TPSA) is 59.5 Å². The summed E-state index contributed by atoms with van der Waals surface area (Å²) in [6, 6.07) is 19.8. The number of hydrogen-bond acceptors (Lipinski definition) is 5. The smallest absolute Gasteiger partial charge is 0.357 e. The standard InChI is InChI=1S/C26H30N2O3S/c1-4-31-26(30)22-18-32-23(27-22)17-28(16-15-19(2)3)25(29)24(20-11-7-5-8-12-20)21-13-9-6-10-14-21/h5-14,18-19,24H,4,15-17H2,1-3H3. The molecular formula is C26H30N2O3S. The Labute approximate surface area is 194 Å². The van der Waals surface area contributed by atoms with Gasteiger partial charge in [0.2, 0.25) is 5.91 Å². The van der Waals surface area contributed by atoms with Gasteiger partial charge >= 0.3 is 5.97 Å². The van der Waals surface area contributed by atoms with Gasteiger partial charge in [0.1, 0.15) is 5.01 Å². The summed E-state index contributed by atoms with van der Waals surface area (Å²) >= 11 is 1.38. The van der Waals surface area contributed by atoms with Crippen LogP contribution in [0.2, 0.25) is 0 Å². The summed E-state index contributed by atoms with van der Waals surface area (Å²) in [6.07, 6.45) is 0.887. The first-order valence-electron chi connectivity index (χ1n) is 11.0. The third-order valence-electron chi connectivity index (χ3n) is 5.16. The number of thiazole rings is 1. The number of nitrogens with zero attached hydrogens (tertiary/aromatic N) is 2. The SMILES string of the molecule is CCOC(=O)c1csc(CN(CCC(C)C)C(=O)C(c2ccccc2)c2ccccc2)n1. The molecule has 0 N–H and O–H groups in total. The zero-order chi connectivity index (χ0) is 22.9. The molecule has 0 radical (unpaired) electrons. The van der Waals surface area contributed by atoms with Crippen molar-refractivity contribution in [3.63, 3.8) is 0 Å². The molecule has 32 heavy (non-hydrogen) atoms. The minimum atomic E-state index is -0.429. The maximum absolute atomic E-state index is 13.9. The molecule has 2 aromatic carbocycles. The summed E-state index contributed by atoms with van der Waals surface area (Å²) in [7, 11) is 0. The van der Waals surface area contributed by atoms with Crippen molar-refractivity contribution in [3.8, 4) is 0 Å². The first-order chi connectivity index (χ1) is 15.5.